The standard InChI is InChI=1S/C26H34F3N3O2/c1-7-30-23-21(16(2)3)25(34-26(23)14-33-15-26)8-10-32(11-9-25)20-12-17(4)19(13-24(6,28)29)22(31-20)18(5)27/h7,12,18H,1,8-11,13-15H2,2-6H3. The first-order valence-corrected chi connectivity index (χ1v) is 11.8. The van der Waals surface area contributed by atoms with Crippen LogP contribution in [0.2, 0.25) is 0 Å². The zero-order valence-corrected chi connectivity index (χ0v) is 20.7. The molecule has 0 saturated carbocycles. The predicted molar refractivity (Wildman–Crippen MR) is 128 cm³/mol. The van der Waals surface area contributed by atoms with Gasteiger partial charge in [0.05, 0.1) is 30.2 Å². The van der Waals surface area contributed by atoms with Gasteiger partial charge in [-0.1, -0.05) is 12.2 Å². The molecule has 5 nitrogen and oxygen atoms in total. The van der Waals surface area contributed by atoms with Gasteiger partial charge in [-0.25, -0.2) is 18.2 Å². The van der Waals surface area contributed by atoms with Crippen LogP contribution in [0.25, 0.3) is 0 Å². The van der Waals surface area contributed by atoms with Crippen LogP contribution >= 0.6 is 0 Å². The Morgan fingerprint density at radius 3 is 2.41 bits per heavy atom. The number of alkyl halides is 3. The molecule has 3 saturated heterocycles. The van der Waals surface area contributed by atoms with Gasteiger partial charge < -0.3 is 14.4 Å². The molecule has 0 aromatic carbocycles. The molecule has 3 fully saturated rings. The maximum Gasteiger partial charge on any atom is 0.249 e. The summed E-state index contributed by atoms with van der Waals surface area (Å²) in [4.78, 5) is 11.2. The Balaban J connectivity index is 1.62. The second-order valence-corrected chi connectivity index (χ2v) is 10.1. The minimum atomic E-state index is -2.93. The van der Waals surface area contributed by atoms with E-state index in [0.717, 1.165) is 23.8 Å². The second-order valence-electron chi connectivity index (χ2n) is 10.1. The summed E-state index contributed by atoms with van der Waals surface area (Å²) >= 11 is 0. The van der Waals surface area contributed by atoms with Crippen LogP contribution in [-0.4, -0.2) is 54.1 Å². The molecule has 34 heavy (non-hydrogen) atoms. The maximum atomic E-state index is 14.4. The first kappa shape index (κ1) is 24.9. The highest BCUT2D eigenvalue weighted by Gasteiger charge is 2.61. The van der Waals surface area contributed by atoms with Crippen molar-refractivity contribution in [3.63, 3.8) is 0 Å². The fourth-order valence-corrected chi connectivity index (χ4v) is 5.55. The van der Waals surface area contributed by atoms with Gasteiger partial charge >= 0.3 is 0 Å². The van der Waals surface area contributed by atoms with Gasteiger partial charge in [0.1, 0.15) is 12.0 Å². The lowest BCUT2D eigenvalue weighted by molar-refractivity contribution is -0.203. The van der Waals surface area contributed by atoms with Crippen LogP contribution in [-0.2, 0) is 15.9 Å². The molecule has 0 bridgehead atoms. The lowest BCUT2D eigenvalue weighted by Gasteiger charge is -2.43. The number of nitrogens with zero attached hydrogens (tertiary/aromatic N) is 3. The largest absolute Gasteiger partial charge is 0.374 e. The van der Waals surface area contributed by atoms with Crippen molar-refractivity contribution in [2.75, 3.05) is 31.2 Å². The van der Waals surface area contributed by atoms with E-state index >= 15 is 0 Å². The van der Waals surface area contributed by atoms with Gasteiger partial charge in [-0.15, -0.1) is 0 Å². The highest BCUT2D eigenvalue weighted by molar-refractivity contribution is 6.11. The smallest absolute Gasteiger partial charge is 0.249 e. The summed E-state index contributed by atoms with van der Waals surface area (Å²) in [5.74, 6) is -2.31. The van der Waals surface area contributed by atoms with Gasteiger partial charge in [0.2, 0.25) is 5.92 Å². The predicted octanol–water partition coefficient (Wildman–Crippen LogP) is 5.68. The van der Waals surface area contributed by atoms with Crippen molar-refractivity contribution in [2.45, 2.75) is 77.2 Å². The van der Waals surface area contributed by atoms with Crippen LogP contribution in [0.15, 0.2) is 35.0 Å². The Bertz CT molecular complexity index is 1030. The molecule has 0 radical (unpaired) electrons. The number of anilines is 1. The lowest BCUT2D eigenvalue weighted by Crippen LogP contribution is -2.56. The molecule has 3 aliphatic rings. The zero-order chi connectivity index (χ0) is 24.9. The number of halogens is 3. The van der Waals surface area contributed by atoms with Gasteiger partial charge in [0, 0.05) is 31.3 Å². The minimum Gasteiger partial charge on any atom is -0.374 e. The fourth-order valence-electron chi connectivity index (χ4n) is 5.55. The van der Waals surface area contributed by atoms with Gasteiger partial charge in [0.15, 0.2) is 5.60 Å². The van der Waals surface area contributed by atoms with E-state index in [1.807, 2.05) is 0 Å². The van der Waals surface area contributed by atoms with Crippen molar-refractivity contribution < 1.29 is 22.6 Å². The third-order valence-electron chi connectivity index (χ3n) is 7.03. The number of piperidine rings is 1. The fraction of sp³-hybridized carbons (Fsp3) is 0.615. The van der Waals surface area contributed by atoms with E-state index in [9.17, 15) is 13.2 Å². The van der Waals surface area contributed by atoms with Gasteiger partial charge in [0.25, 0.3) is 0 Å². The number of hydrogen-bond acceptors (Lipinski definition) is 5. The number of aryl methyl sites for hydroxylation is 1. The number of hydrogen-bond donors (Lipinski definition) is 0. The van der Waals surface area contributed by atoms with Crippen molar-refractivity contribution in [3.8, 4) is 0 Å². The van der Waals surface area contributed by atoms with Crippen LogP contribution in [0.1, 0.15) is 63.5 Å². The van der Waals surface area contributed by atoms with Gasteiger partial charge in [-0.05, 0) is 64.7 Å². The van der Waals surface area contributed by atoms with Crippen molar-refractivity contribution in [1.29, 1.82) is 0 Å². The molecule has 0 aliphatic carbocycles. The molecule has 4 heterocycles. The maximum absolute atomic E-state index is 14.4. The summed E-state index contributed by atoms with van der Waals surface area (Å²) in [6, 6.07) is 1.80. The number of allylic oxidation sites excluding steroid dienone is 1. The summed E-state index contributed by atoms with van der Waals surface area (Å²) in [6.45, 7) is 14.1. The molecule has 8 heteroatoms. The van der Waals surface area contributed by atoms with Crippen LogP contribution in [0.4, 0.5) is 19.0 Å². The van der Waals surface area contributed by atoms with Crippen molar-refractivity contribution in [2.24, 2.45) is 4.99 Å². The molecule has 3 aliphatic heterocycles. The molecular weight excluding hydrogens is 443 g/mol. The molecule has 1 aromatic heterocycles. The van der Waals surface area contributed by atoms with E-state index < -0.39 is 29.7 Å². The average Bonchev–Trinajstić information content (AvgIpc) is 2.99. The summed E-state index contributed by atoms with van der Waals surface area (Å²) in [5, 5.41) is 0. The molecular formula is C26H34F3N3O2. The first-order chi connectivity index (χ1) is 15.9. The third-order valence-corrected chi connectivity index (χ3v) is 7.03. The number of aromatic nitrogens is 1. The Morgan fingerprint density at radius 1 is 1.29 bits per heavy atom. The van der Waals surface area contributed by atoms with Crippen molar-refractivity contribution >= 4 is 11.5 Å². The second kappa shape index (κ2) is 8.79. The van der Waals surface area contributed by atoms with E-state index in [4.69, 9.17) is 9.47 Å². The molecule has 1 unspecified atom stereocenters. The number of rotatable bonds is 5. The van der Waals surface area contributed by atoms with E-state index in [0.29, 0.717) is 56.1 Å². The van der Waals surface area contributed by atoms with E-state index in [2.05, 4.69) is 35.3 Å². The Labute approximate surface area is 199 Å². The Morgan fingerprint density at radius 2 is 1.94 bits per heavy atom. The van der Waals surface area contributed by atoms with Crippen LogP contribution in [0, 0.1) is 6.92 Å². The van der Waals surface area contributed by atoms with Crippen molar-refractivity contribution in [1.82, 2.24) is 4.98 Å². The highest BCUT2D eigenvalue weighted by Crippen LogP contribution is 2.50. The average molecular weight is 478 g/mol. The van der Waals surface area contributed by atoms with Crippen LogP contribution in [0.3, 0.4) is 0 Å². The normalized spacial score (nSPS) is 23.5. The molecule has 186 valence electrons. The SMILES string of the molecule is C=CN=C1C(=C(C)C)C2(CCN(c3cc(C)c(CC(C)(F)F)c(C(C)F)n3)CC2)OC12COC2. The summed E-state index contributed by atoms with van der Waals surface area (Å²) in [6.07, 6.45) is 1.03. The Kier molecular flexibility index (Phi) is 6.44. The number of pyridine rings is 1. The van der Waals surface area contributed by atoms with Crippen LogP contribution < -0.4 is 4.90 Å². The molecule has 0 N–H and O–H groups in total. The summed E-state index contributed by atoms with van der Waals surface area (Å²) in [5.41, 5.74) is 3.22. The van der Waals surface area contributed by atoms with E-state index in [-0.39, 0.29) is 5.69 Å². The lowest BCUT2D eigenvalue weighted by atomic mass is 9.79. The van der Waals surface area contributed by atoms with Crippen LogP contribution in [0.5, 0.6) is 0 Å². The minimum absolute atomic E-state index is 0.102. The molecule has 2 spiro atoms. The van der Waals surface area contributed by atoms with Gasteiger partial charge in [-0.3, -0.25) is 4.99 Å². The quantitative estimate of drug-likeness (QED) is 0.548. The molecule has 1 atom stereocenters. The third kappa shape index (κ3) is 4.31. The summed E-state index contributed by atoms with van der Waals surface area (Å²) < 4.78 is 54.2. The van der Waals surface area contributed by atoms with Crippen molar-refractivity contribution in [3.05, 3.63) is 46.8 Å². The highest BCUT2D eigenvalue weighted by atomic mass is 19.3. The first-order valence-electron chi connectivity index (χ1n) is 11.8. The molecule has 0 amide bonds. The summed E-state index contributed by atoms with van der Waals surface area (Å²) in [7, 11) is 0. The Hall–Kier alpha value is -2.19. The topological polar surface area (TPSA) is 47.0 Å². The van der Waals surface area contributed by atoms with E-state index in [1.54, 1.807) is 19.2 Å². The zero-order valence-electron chi connectivity index (χ0n) is 20.7. The monoisotopic (exact) mass is 477 g/mol. The molecule has 4 rings (SSSR count). The number of ether oxygens (including phenoxy) is 2. The molecule has 1 aromatic rings. The number of aliphatic imine (C=N–C) groups is 1. The van der Waals surface area contributed by atoms with Gasteiger partial charge in [-0.2, -0.15) is 0 Å². The van der Waals surface area contributed by atoms with E-state index in [1.165, 1.54) is 6.92 Å².